The molecule has 0 atom stereocenters. The molecule has 2 amide bonds. The molecule has 4 N–H and O–H groups in total. The van der Waals surface area contributed by atoms with Crippen LogP contribution in [-0.4, -0.2) is 25.5 Å². The molecule has 0 bridgehead atoms. The maximum absolute atomic E-state index is 12.2. The van der Waals surface area contributed by atoms with Crippen molar-refractivity contribution in [2.75, 3.05) is 14.2 Å². The average Bonchev–Trinajstić information content (AvgIpc) is 2.67. The predicted molar refractivity (Wildman–Crippen MR) is 95.5 cm³/mol. The SMILES string of the molecule is COc1cccc(-c2cc(=O)c3ccc(OC)cc3o2)c1.NC(=O)NO. The second-order valence-corrected chi connectivity index (χ2v) is 5.05. The lowest BCUT2D eigenvalue weighted by Gasteiger charge is -2.06. The normalized spacial score (nSPS) is 9.81. The van der Waals surface area contributed by atoms with Crippen molar-refractivity contribution in [3.8, 4) is 22.8 Å². The molecule has 26 heavy (non-hydrogen) atoms. The summed E-state index contributed by atoms with van der Waals surface area (Å²) in [5.74, 6) is 1.86. The molecule has 0 aliphatic heterocycles. The lowest BCUT2D eigenvalue weighted by molar-refractivity contribution is 0.169. The van der Waals surface area contributed by atoms with Crippen molar-refractivity contribution in [3.63, 3.8) is 0 Å². The first-order valence-electron chi connectivity index (χ1n) is 7.44. The minimum Gasteiger partial charge on any atom is -0.497 e. The van der Waals surface area contributed by atoms with Crippen LogP contribution in [0.1, 0.15) is 0 Å². The summed E-state index contributed by atoms with van der Waals surface area (Å²) in [6, 6.07) is 13.1. The number of carbonyl (C=O) groups is 1. The minimum atomic E-state index is -0.940. The van der Waals surface area contributed by atoms with Crippen molar-refractivity contribution >= 4 is 17.0 Å². The number of benzene rings is 2. The number of amides is 2. The molecule has 0 aliphatic carbocycles. The topological polar surface area (TPSA) is 124 Å². The van der Waals surface area contributed by atoms with Gasteiger partial charge in [-0.15, -0.1) is 0 Å². The van der Waals surface area contributed by atoms with Crippen LogP contribution in [0.3, 0.4) is 0 Å². The number of hydroxylamine groups is 1. The summed E-state index contributed by atoms with van der Waals surface area (Å²) in [6.07, 6.45) is 0. The number of carbonyl (C=O) groups excluding carboxylic acids is 1. The van der Waals surface area contributed by atoms with Crippen molar-refractivity contribution < 1.29 is 23.9 Å². The standard InChI is InChI=1S/C17H14O4.CH4N2O2/c1-19-12-5-3-4-11(8-12)16-10-15(18)14-7-6-13(20-2)9-17(14)21-16;2-1(4)3-5/h3-10H,1-2H3;5H,(H3,2,3,4). The molecule has 1 aromatic heterocycles. The van der Waals surface area contributed by atoms with Gasteiger partial charge in [-0.05, 0) is 24.3 Å². The van der Waals surface area contributed by atoms with Crippen molar-refractivity contribution in [1.29, 1.82) is 0 Å². The first-order valence-corrected chi connectivity index (χ1v) is 7.44. The summed E-state index contributed by atoms with van der Waals surface area (Å²) >= 11 is 0. The molecule has 1 heterocycles. The van der Waals surface area contributed by atoms with Crippen LogP contribution in [0.5, 0.6) is 11.5 Å². The fourth-order valence-electron chi connectivity index (χ4n) is 2.18. The van der Waals surface area contributed by atoms with E-state index in [0.29, 0.717) is 28.2 Å². The number of nitrogens with one attached hydrogen (secondary N) is 1. The molecule has 3 rings (SSSR count). The molecular weight excluding hydrogens is 340 g/mol. The van der Waals surface area contributed by atoms with Crippen molar-refractivity contribution in [2.24, 2.45) is 5.73 Å². The third kappa shape index (κ3) is 4.52. The van der Waals surface area contributed by atoms with E-state index in [1.165, 1.54) is 11.5 Å². The van der Waals surface area contributed by atoms with Crippen LogP contribution in [0.4, 0.5) is 4.79 Å². The summed E-state index contributed by atoms with van der Waals surface area (Å²) < 4.78 is 16.2. The maximum Gasteiger partial charge on any atom is 0.335 e. The van der Waals surface area contributed by atoms with E-state index in [1.807, 2.05) is 24.3 Å². The van der Waals surface area contributed by atoms with Gasteiger partial charge in [0.1, 0.15) is 22.8 Å². The first-order chi connectivity index (χ1) is 12.5. The number of rotatable bonds is 3. The highest BCUT2D eigenvalue weighted by atomic mass is 16.5. The quantitative estimate of drug-likeness (QED) is 0.488. The Kier molecular flexibility index (Phi) is 6.18. The van der Waals surface area contributed by atoms with E-state index in [4.69, 9.17) is 19.1 Å². The highest BCUT2D eigenvalue weighted by Gasteiger charge is 2.08. The Hall–Kier alpha value is -3.52. The van der Waals surface area contributed by atoms with E-state index >= 15 is 0 Å². The van der Waals surface area contributed by atoms with E-state index in [1.54, 1.807) is 32.4 Å². The third-order valence-corrected chi connectivity index (χ3v) is 3.40. The summed E-state index contributed by atoms with van der Waals surface area (Å²) in [5.41, 5.74) is 6.66. The molecular formula is C18H18N2O6. The molecule has 0 fully saturated rings. The van der Waals surface area contributed by atoms with Crippen LogP contribution in [-0.2, 0) is 0 Å². The number of fused-ring (bicyclic) bond motifs is 1. The molecule has 8 heteroatoms. The molecule has 0 saturated carbocycles. The first kappa shape index (κ1) is 18.8. The number of urea groups is 1. The van der Waals surface area contributed by atoms with Crippen LogP contribution in [0.15, 0.2) is 57.7 Å². The zero-order valence-corrected chi connectivity index (χ0v) is 14.2. The van der Waals surface area contributed by atoms with Crippen LogP contribution in [0, 0.1) is 0 Å². The third-order valence-electron chi connectivity index (χ3n) is 3.40. The van der Waals surface area contributed by atoms with Gasteiger partial charge in [0, 0.05) is 17.7 Å². The summed E-state index contributed by atoms with van der Waals surface area (Å²) in [6.45, 7) is 0. The van der Waals surface area contributed by atoms with Crippen molar-refractivity contribution in [2.45, 2.75) is 0 Å². The molecule has 8 nitrogen and oxygen atoms in total. The second kappa shape index (κ2) is 8.54. The smallest absolute Gasteiger partial charge is 0.335 e. The number of ether oxygens (including phenoxy) is 2. The zero-order chi connectivity index (χ0) is 19.1. The fourth-order valence-corrected chi connectivity index (χ4v) is 2.18. The Labute approximate surface area is 148 Å². The number of primary amides is 1. The van der Waals surface area contributed by atoms with E-state index in [-0.39, 0.29) is 5.43 Å². The number of methoxy groups -OCH3 is 2. The van der Waals surface area contributed by atoms with Crippen molar-refractivity contribution in [1.82, 2.24) is 5.48 Å². The molecule has 0 spiro atoms. The van der Waals surface area contributed by atoms with Crippen LogP contribution >= 0.6 is 0 Å². The highest BCUT2D eigenvalue weighted by molar-refractivity contribution is 5.80. The molecule has 0 saturated heterocycles. The van der Waals surface area contributed by atoms with Gasteiger partial charge in [-0.25, -0.2) is 10.3 Å². The Balaban J connectivity index is 0.000000431. The minimum absolute atomic E-state index is 0.0864. The van der Waals surface area contributed by atoms with Gasteiger partial charge in [-0.1, -0.05) is 12.1 Å². The lowest BCUT2D eigenvalue weighted by atomic mass is 10.1. The van der Waals surface area contributed by atoms with Gasteiger partial charge in [-0.3, -0.25) is 10.0 Å². The number of hydrogen-bond acceptors (Lipinski definition) is 6. The summed E-state index contributed by atoms with van der Waals surface area (Å²) in [4.78, 5) is 21.4. The zero-order valence-electron chi connectivity index (χ0n) is 14.2. The van der Waals surface area contributed by atoms with Crippen molar-refractivity contribution in [3.05, 3.63) is 58.8 Å². The fraction of sp³-hybridized carbons (Fsp3) is 0.111. The highest BCUT2D eigenvalue weighted by Crippen LogP contribution is 2.26. The van der Waals surface area contributed by atoms with E-state index in [2.05, 4.69) is 5.73 Å². The molecule has 3 aromatic rings. The van der Waals surface area contributed by atoms with E-state index < -0.39 is 6.03 Å². The summed E-state index contributed by atoms with van der Waals surface area (Å²) in [5, 5.41) is 7.95. The van der Waals surface area contributed by atoms with Gasteiger partial charge in [0.15, 0.2) is 5.43 Å². The molecule has 136 valence electrons. The monoisotopic (exact) mass is 358 g/mol. The lowest BCUT2D eigenvalue weighted by Crippen LogP contribution is -2.25. The average molecular weight is 358 g/mol. The van der Waals surface area contributed by atoms with Gasteiger partial charge < -0.3 is 19.6 Å². The predicted octanol–water partition coefficient (Wildman–Crippen LogP) is 2.52. The Morgan fingerprint density at radius 3 is 2.35 bits per heavy atom. The van der Waals surface area contributed by atoms with Gasteiger partial charge in [-0.2, -0.15) is 0 Å². The van der Waals surface area contributed by atoms with E-state index in [9.17, 15) is 9.59 Å². The number of hydrogen-bond donors (Lipinski definition) is 3. The van der Waals surface area contributed by atoms with Crippen LogP contribution in [0.25, 0.3) is 22.3 Å². The Bertz CT molecular complexity index is 967. The molecule has 0 radical (unpaired) electrons. The van der Waals surface area contributed by atoms with Gasteiger partial charge in [0.2, 0.25) is 0 Å². The van der Waals surface area contributed by atoms with Gasteiger partial charge in [0.05, 0.1) is 19.6 Å². The number of nitrogens with two attached hydrogens (primary N) is 1. The van der Waals surface area contributed by atoms with Crippen LogP contribution < -0.4 is 26.1 Å². The summed E-state index contributed by atoms with van der Waals surface area (Å²) in [7, 11) is 3.17. The molecule has 2 aromatic carbocycles. The molecule has 0 aliphatic rings. The molecule has 0 unspecified atom stereocenters. The Morgan fingerprint density at radius 1 is 1.08 bits per heavy atom. The maximum atomic E-state index is 12.2. The van der Waals surface area contributed by atoms with Crippen LogP contribution in [0.2, 0.25) is 0 Å². The van der Waals surface area contributed by atoms with Gasteiger partial charge in [0.25, 0.3) is 0 Å². The van der Waals surface area contributed by atoms with E-state index in [0.717, 1.165) is 5.56 Å². The largest absolute Gasteiger partial charge is 0.497 e. The van der Waals surface area contributed by atoms with Gasteiger partial charge >= 0.3 is 6.03 Å². The second-order valence-electron chi connectivity index (χ2n) is 5.05. The Morgan fingerprint density at radius 2 is 1.73 bits per heavy atom.